The highest BCUT2D eigenvalue weighted by atomic mass is 79.9. The Morgan fingerprint density at radius 3 is 2.09 bits per heavy atom. The van der Waals surface area contributed by atoms with Crippen LogP contribution in [0.1, 0.15) is 63.5 Å². The molecule has 15 heteroatoms. The maximum Gasteiger partial charge on any atom is 0.409 e. The van der Waals surface area contributed by atoms with Crippen LogP contribution in [0, 0.1) is 0 Å². The van der Waals surface area contributed by atoms with E-state index in [4.69, 9.17) is 17.3 Å². The van der Waals surface area contributed by atoms with E-state index < -0.39 is 0 Å². The number of nitrogens with one attached hydrogen (secondary N) is 2. The minimum Gasteiger partial charge on any atom is -0.453 e. The second-order valence-electron chi connectivity index (χ2n) is 8.14. The summed E-state index contributed by atoms with van der Waals surface area (Å²) >= 11 is 9.21. The summed E-state index contributed by atoms with van der Waals surface area (Å²) in [4.78, 5) is 24.9. The third-order valence-corrected chi connectivity index (χ3v) is 6.18. The predicted molar refractivity (Wildman–Crippen MR) is 191 cm³/mol. The number of pyridine rings is 1. The van der Waals surface area contributed by atoms with E-state index in [1.807, 2.05) is 67.8 Å². The van der Waals surface area contributed by atoms with Gasteiger partial charge in [-0.2, -0.15) is 20.1 Å². The van der Waals surface area contributed by atoms with E-state index in [2.05, 4.69) is 51.6 Å². The fourth-order valence-corrected chi connectivity index (χ4v) is 3.70. The van der Waals surface area contributed by atoms with Crippen molar-refractivity contribution in [2.45, 2.75) is 47.5 Å². The molecule has 46 heavy (non-hydrogen) atoms. The number of nitrogen functional groups attached to an aromatic ring is 1. The van der Waals surface area contributed by atoms with Gasteiger partial charge in [0.1, 0.15) is 0 Å². The number of hydrogen-bond donors (Lipinski definition) is 3. The lowest BCUT2D eigenvalue weighted by atomic mass is 9.98. The van der Waals surface area contributed by atoms with E-state index in [9.17, 15) is 9.59 Å². The molecule has 0 bridgehead atoms. The molecule has 0 unspecified atom stereocenters. The lowest BCUT2D eigenvalue weighted by Gasteiger charge is -2.36. The normalized spacial score (nSPS) is 10.9. The molecule has 4 N–H and O–H groups in total. The van der Waals surface area contributed by atoms with Crippen LogP contribution in [0.4, 0.5) is 10.5 Å². The number of amides is 1. The Morgan fingerprint density at radius 1 is 1.00 bits per heavy atom. The molecule has 0 radical (unpaired) electrons. The van der Waals surface area contributed by atoms with Gasteiger partial charge in [-0.05, 0) is 44.4 Å². The van der Waals surface area contributed by atoms with Gasteiger partial charge < -0.3 is 20.1 Å². The van der Waals surface area contributed by atoms with Crippen molar-refractivity contribution in [3.8, 4) is 5.69 Å². The van der Waals surface area contributed by atoms with Crippen LogP contribution in [0.25, 0.3) is 11.2 Å². The van der Waals surface area contributed by atoms with Crippen LogP contribution < -0.4 is 16.6 Å². The third kappa shape index (κ3) is 14.7. The van der Waals surface area contributed by atoms with Crippen molar-refractivity contribution >= 4 is 51.1 Å². The molecule has 0 atom stereocenters. The number of carbonyl (C=O) groups is 2. The fraction of sp³-hybridized carbons (Fsp3) is 0.452. The summed E-state index contributed by atoms with van der Waals surface area (Å²) in [7, 11) is 8.26. The predicted octanol–water partition coefficient (Wildman–Crippen LogP) is 6.26. The number of benzene rings is 1. The molecular weight excluding hydrogens is 678 g/mol. The first-order chi connectivity index (χ1) is 22.2. The maximum atomic E-state index is 11.3. The number of anilines is 1. The first-order valence-electron chi connectivity index (χ1n) is 14.8. The molecule has 4 heterocycles. The van der Waals surface area contributed by atoms with Crippen LogP contribution >= 0.6 is 27.5 Å². The van der Waals surface area contributed by atoms with Crippen molar-refractivity contribution in [2.75, 3.05) is 54.2 Å². The smallest absolute Gasteiger partial charge is 0.409 e. The number of aldehydes is 1. The number of ether oxygens (including phenoxy) is 2. The SMILES string of the molecule is CC.CC.CC.CNNC.COC.COC(=O)N1CC(c2cnn(-c3ccc(Cl)c(N)c3)n2)C1.O=Cc1cnn2ccc(Br)cc12. The van der Waals surface area contributed by atoms with Crippen molar-refractivity contribution in [1.29, 1.82) is 0 Å². The van der Waals surface area contributed by atoms with Gasteiger partial charge in [0, 0.05) is 43.9 Å². The highest BCUT2D eigenvalue weighted by Gasteiger charge is 2.34. The van der Waals surface area contributed by atoms with Crippen LogP contribution in [0.2, 0.25) is 5.02 Å². The second kappa shape index (κ2) is 26.6. The molecule has 0 aliphatic carbocycles. The van der Waals surface area contributed by atoms with Crippen molar-refractivity contribution < 1.29 is 19.1 Å². The molecule has 1 aliphatic heterocycles. The van der Waals surface area contributed by atoms with Crippen LogP contribution in [0.3, 0.4) is 0 Å². The van der Waals surface area contributed by atoms with Crippen molar-refractivity contribution in [1.82, 2.24) is 40.4 Å². The summed E-state index contributed by atoms with van der Waals surface area (Å²) in [5.74, 6) is 0.183. The Bertz CT molecular complexity index is 1380. The van der Waals surface area contributed by atoms with E-state index in [-0.39, 0.29) is 12.0 Å². The van der Waals surface area contributed by atoms with E-state index in [1.54, 1.807) is 60.4 Å². The Labute approximate surface area is 286 Å². The number of nitrogens with two attached hydrogens (primary N) is 1. The molecule has 1 saturated heterocycles. The number of hydrogen-bond acceptors (Lipinski definition) is 10. The van der Waals surface area contributed by atoms with Crippen LogP contribution in [0.15, 0.2) is 53.4 Å². The minimum absolute atomic E-state index is 0.183. The van der Waals surface area contributed by atoms with Crippen LogP contribution in [-0.2, 0) is 9.47 Å². The second-order valence-corrected chi connectivity index (χ2v) is 9.46. The zero-order chi connectivity index (χ0) is 35.7. The molecule has 1 amide bonds. The lowest BCUT2D eigenvalue weighted by molar-refractivity contribution is 0.0871. The van der Waals surface area contributed by atoms with Gasteiger partial charge in [0.2, 0.25) is 0 Å². The minimum atomic E-state index is -0.316. The first kappa shape index (κ1) is 44.6. The van der Waals surface area contributed by atoms with E-state index in [0.717, 1.165) is 27.7 Å². The zero-order valence-electron chi connectivity index (χ0n) is 28.8. The van der Waals surface area contributed by atoms with E-state index in [1.165, 1.54) is 11.9 Å². The quantitative estimate of drug-likeness (QED) is 0.125. The highest BCUT2D eigenvalue weighted by Crippen LogP contribution is 2.26. The molecule has 4 aromatic rings. The molecule has 258 valence electrons. The lowest BCUT2D eigenvalue weighted by Crippen LogP contribution is -2.48. The summed E-state index contributed by atoms with van der Waals surface area (Å²) in [5, 5.41) is 13.1. The highest BCUT2D eigenvalue weighted by molar-refractivity contribution is 9.10. The Hall–Kier alpha value is -3.56. The standard InChI is InChI=1S/C13H14ClN5O2.C8H5BrN2O.C2H8N2.C2H6O.3C2H6/c1-21-13(20)18-6-8(7-18)12-5-16-19(17-12)9-2-3-10(14)11(15)4-9;9-7-1-2-11-8(3-7)6(5-12)4-10-11;1-3-4-2;1-3-2;3*1-2/h2-5,8H,6-7,15H2,1H3;1-5H;3-4H,1-2H3;1-2H3;3*1-2H3. The molecule has 0 spiro atoms. The first-order valence-corrected chi connectivity index (χ1v) is 16.0. The molecule has 0 saturated carbocycles. The van der Waals surface area contributed by atoms with Gasteiger partial charge in [0.05, 0.1) is 52.7 Å². The number of likely N-dealkylation sites (tertiary alicyclic amines) is 1. The third-order valence-electron chi connectivity index (χ3n) is 5.34. The number of halogens is 2. The Kier molecular flexibility index (Phi) is 25.8. The molecule has 5 rings (SSSR count). The van der Waals surface area contributed by atoms with Gasteiger partial charge >= 0.3 is 6.09 Å². The molecule has 1 fully saturated rings. The monoisotopic (exact) mass is 727 g/mol. The van der Waals surface area contributed by atoms with Crippen molar-refractivity contribution in [3.05, 3.63) is 69.7 Å². The average Bonchev–Trinajstić information content (AvgIpc) is 3.72. The van der Waals surface area contributed by atoms with Gasteiger partial charge in [-0.15, -0.1) is 0 Å². The number of carbonyl (C=O) groups excluding carboxylic acids is 2. The number of aromatic nitrogens is 5. The van der Waals surface area contributed by atoms with Gasteiger partial charge in [0.25, 0.3) is 0 Å². The van der Waals surface area contributed by atoms with Crippen molar-refractivity contribution in [3.63, 3.8) is 0 Å². The number of nitrogens with zero attached hydrogens (tertiary/aromatic N) is 6. The molecule has 1 aromatic carbocycles. The fourth-order valence-electron chi connectivity index (χ4n) is 3.25. The van der Waals surface area contributed by atoms with Crippen LogP contribution in [0.5, 0.6) is 0 Å². The summed E-state index contributed by atoms with van der Waals surface area (Å²) < 4.78 is 11.5. The van der Waals surface area contributed by atoms with Crippen LogP contribution in [-0.4, -0.2) is 90.4 Å². The number of rotatable bonds is 4. The zero-order valence-corrected chi connectivity index (χ0v) is 31.2. The van der Waals surface area contributed by atoms with Gasteiger partial charge in [-0.3, -0.25) is 15.6 Å². The van der Waals surface area contributed by atoms with Gasteiger partial charge in [-0.1, -0.05) is 69.1 Å². The molecule has 13 nitrogen and oxygen atoms in total. The summed E-state index contributed by atoms with van der Waals surface area (Å²) in [6.45, 7) is 13.2. The summed E-state index contributed by atoms with van der Waals surface area (Å²) in [6, 6.07) is 8.94. The van der Waals surface area contributed by atoms with Gasteiger partial charge in [-0.25, -0.2) is 9.31 Å². The topological polar surface area (TPSA) is 154 Å². The molecule has 1 aliphatic rings. The number of fused-ring (bicyclic) bond motifs is 1. The van der Waals surface area contributed by atoms with Gasteiger partial charge in [0.15, 0.2) is 6.29 Å². The molecular formula is C31H51BrClN9O4. The average molecular weight is 729 g/mol. The Morgan fingerprint density at radius 2 is 1.59 bits per heavy atom. The van der Waals surface area contributed by atoms with E-state index in [0.29, 0.717) is 29.4 Å². The summed E-state index contributed by atoms with van der Waals surface area (Å²) in [6.07, 6.45) is 5.53. The molecule has 3 aromatic heterocycles. The largest absolute Gasteiger partial charge is 0.453 e. The summed E-state index contributed by atoms with van der Waals surface area (Å²) in [5.41, 5.74) is 14.6. The van der Waals surface area contributed by atoms with Crippen molar-refractivity contribution in [2.24, 2.45) is 0 Å². The Balaban J connectivity index is 0. The maximum absolute atomic E-state index is 11.3. The van der Waals surface area contributed by atoms with E-state index >= 15 is 0 Å². The number of methoxy groups -OCH3 is 2. The number of hydrazine groups is 1.